The van der Waals surface area contributed by atoms with Gasteiger partial charge in [-0.05, 0) is 87.1 Å². The van der Waals surface area contributed by atoms with Gasteiger partial charge >= 0.3 is 0 Å². The van der Waals surface area contributed by atoms with E-state index >= 15 is 0 Å². The third-order valence-corrected chi connectivity index (χ3v) is 5.93. The number of halogens is 2. The van der Waals surface area contributed by atoms with Gasteiger partial charge in [-0.25, -0.2) is 4.39 Å². The first-order valence-corrected chi connectivity index (χ1v) is 9.28. The number of nitrogens with one attached hydrogen (secondary N) is 1. The van der Waals surface area contributed by atoms with Gasteiger partial charge in [-0.3, -0.25) is 0 Å². The fourth-order valence-electron chi connectivity index (χ4n) is 4.21. The van der Waals surface area contributed by atoms with Crippen LogP contribution in [0.2, 0.25) is 5.02 Å². The van der Waals surface area contributed by atoms with Crippen molar-refractivity contribution in [2.24, 2.45) is 5.92 Å². The van der Waals surface area contributed by atoms with Crippen molar-refractivity contribution in [3.05, 3.63) is 34.6 Å². The summed E-state index contributed by atoms with van der Waals surface area (Å²) in [5.41, 5.74) is 1.02. The molecule has 3 heteroatoms. The van der Waals surface area contributed by atoms with Crippen LogP contribution in [0.3, 0.4) is 0 Å². The lowest BCUT2D eigenvalue weighted by molar-refractivity contribution is 0.302. The van der Waals surface area contributed by atoms with E-state index in [2.05, 4.69) is 5.32 Å². The van der Waals surface area contributed by atoms with Crippen molar-refractivity contribution < 1.29 is 4.39 Å². The first kappa shape index (κ1) is 16.3. The van der Waals surface area contributed by atoms with E-state index in [1.807, 2.05) is 0 Å². The maximum absolute atomic E-state index is 13.4. The molecule has 122 valence electrons. The molecule has 1 nitrogen and oxygen atoms in total. The van der Waals surface area contributed by atoms with Crippen molar-refractivity contribution in [3.63, 3.8) is 0 Å². The Hall–Kier alpha value is -0.600. The lowest BCUT2D eigenvalue weighted by Gasteiger charge is -2.29. The molecular formula is C19H27ClFN. The second kappa shape index (κ2) is 7.79. The summed E-state index contributed by atoms with van der Waals surface area (Å²) < 4.78 is 13.4. The first-order chi connectivity index (χ1) is 10.7. The molecule has 0 aliphatic heterocycles. The van der Waals surface area contributed by atoms with E-state index in [4.69, 9.17) is 11.6 Å². The topological polar surface area (TPSA) is 12.0 Å². The molecule has 1 aromatic carbocycles. The van der Waals surface area contributed by atoms with Gasteiger partial charge < -0.3 is 5.32 Å². The van der Waals surface area contributed by atoms with Crippen LogP contribution in [0, 0.1) is 11.7 Å². The summed E-state index contributed by atoms with van der Waals surface area (Å²) in [5, 5.41) is 4.45. The fraction of sp³-hybridized carbons (Fsp3) is 0.684. The van der Waals surface area contributed by atoms with Crippen LogP contribution in [0.15, 0.2) is 18.2 Å². The first-order valence-electron chi connectivity index (χ1n) is 8.90. The molecule has 1 aromatic rings. The second-order valence-electron chi connectivity index (χ2n) is 7.11. The van der Waals surface area contributed by atoms with Crippen LogP contribution in [0.1, 0.15) is 69.3 Å². The van der Waals surface area contributed by atoms with Crippen LogP contribution in [0.25, 0.3) is 0 Å². The lowest BCUT2D eigenvalue weighted by atomic mass is 9.77. The average Bonchev–Trinajstić information content (AvgIpc) is 3.04. The van der Waals surface area contributed by atoms with Gasteiger partial charge in [-0.1, -0.05) is 24.4 Å². The Kier molecular flexibility index (Phi) is 5.76. The molecule has 2 fully saturated rings. The molecule has 3 rings (SSSR count). The number of benzene rings is 1. The summed E-state index contributed by atoms with van der Waals surface area (Å²) in [6.07, 6.45) is 11.6. The molecule has 0 saturated heterocycles. The lowest BCUT2D eigenvalue weighted by Crippen LogP contribution is -2.28. The predicted molar refractivity (Wildman–Crippen MR) is 91.0 cm³/mol. The van der Waals surface area contributed by atoms with Crippen LogP contribution in [-0.4, -0.2) is 12.6 Å². The summed E-state index contributed by atoms with van der Waals surface area (Å²) in [4.78, 5) is 0. The van der Waals surface area contributed by atoms with Gasteiger partial charge in [0, 0.05) is 11.1 Å². The van der Waals surface area contributed by atoms with Gasteiger partial charge in [0.15, 0.2) is 0 Å². The molecule has 2 saturated carbocycles. The highest BCUT2D eigenvalue weighted by Crippen LogP contribution is 2.39. The summed E-state index contributed by atoms with van der Waals surface area (Å²) in [6.45, 7) is 1.17. The highest BCUT2D eigenvalue weighted by atomic mass is 35.5. The quantitative estimate of drug-likeness (QED) is 0.735. The Balaban J connectivity index is 1.43. The normalized spacial score (nSPS) is 26.5. The summed E-state index contributed by atoms with van der Waals surface area (Å²) in [7, 11) is 0. The third kappa shape index (κ3) is 4.23. The number of rotatable bonds is 5. The molecule has 2 aliphatic carbocycles. The van der Waals surface area contributed by atoms with Gasteiger partial charge in [0.2, 0.25) is 0 Å². The molecule has 0 atom stereocenters. The molecule has 0 unspecified atom stereocenters. The second-order valence-corrected chi connectivity index (χ2v) is 7.51. The van der Waals surface area contributed by atoms with E-state index in [9.17, 15) is 4.39 Å². The Morgan fingerprint density at radius 3 is 2.50 bits per heavy atom. The Labute approximate surface area is 138 Å². The van der Waals surface area contributed by atoms with Crippen LogP contribution < -0.4 is 5.32 Å². The molecule has 0 bridgehead atoms. The third-order valence-electron chi connectivity index (χ3n) is 5.59. The zero-order valence-electron chi connectivity index (χ0n) is 13.3. The van der Waals surface area contributed by atoms with Crippen molar-refractivity contribution >= 4 is 11.6 Å². The minimum atomic E-state index is -0.165. The molecule has 0 spiro atoms. The number of hydrogen-bond acceptors (Lipinski definition) is 1. The number of hydrogen-bond donors (Lipinski definition) is 1. The van der Waals surface area contributed by atoms with Crippen molar-refractivity contribution in [2.75, 3.05) is 6.54 Å². The summed E-state index contributed by atoms with van der Waals surface area (Å²) in [5.74, 6) is 1.11. The van der Waals surface area contributed by atoms with Gasteiger partial charge in [0.25, 0.3) is 0 Å². The Morgan fingerprint density at radius 2 is 1.77 bits per heavy atom. The zero-order chi connectivity index (χ0) is 15.4. The molecule has 0 heterocycles. The van der Waals surface area contributed by atoms with Crippen LogP contribution >= 0.6 is 11.6 Å². The van der Waals surface area contributed by atoms with Crippen molar-refractivity contribution in [3.8, 4) is 0 Å². The fourth-order valence-corrected chi connectivity index (χ4v) is 4.48. The van der Waals surface area contributed by atoms with E-state index < -0.39 is 0 Å². The van der Waals surface area contributed by atoms with Crippen molar-refractivity contribution in [1.29, 1.82) is 0 Å². The molecular weight excluding hydrogens is 297 g/mol. The monoisotopic (exact) mass is 323 g/mol. The summed E-state index contributed by atoms with van der Waals surface area (Å²) in [6, 6.07) is 5.56. The van der Waals surface area contributed by atoms with E-state index in [1.165, 1.54) is 57.6 Å². The van der Waals surface area contributed by atoms with E-state index in [-0.39, 0.29) is 5.82 Å². The van der Waals surface area contributed by atoms with E-state index in [1.54, 1.807) is 12.1 Å². The summed E-state index contributed by atoms with van der Waals surface area (Å²) >= 11 is 6.25. The van der Waals surface area contributed by atoms with Gasteiger partial charge in [-0.15, -0.1) is 0 Å². The predicted octanol–water partition coefficient (Wildman–Crippen LogP) is 5.68. The van der Waals surface area contributed by atoms with E-state index in [0.29, 0.717) is 5.92 Å². The smallest absolute Gasteiger partial charge is 0.123 e. The minimum Gasteiger partial charge on any atom is -0.314 e. The van der Waals surface area contributed by atoms with Crippen molar-refractivity contribution in [2.45, 2.75) is 69.7 Å². The Morgan fingerprint density at radius 1 is 1.05 bits per heavy atom. The maximum atomic E-state index is 13.4. The van der Waals surface area contributed by atoms with Gasteiger partial charge in [0.05, 0.1) is 0 Å². The largest absolute Gasteiger partial charge is 0.314 e. The Bertz CT molecular complexity index is 476. The molecule has 1 N–H and O–H groups in total. The average molecular weight is 324 g/mol. The minimum absolute atomic E-state index is 0.165. The van der Waals surface area contributed by atoms with Gasteiger partial charge in [0.1, 0.15) is 5.82 Å². The molecule has 22 heavy (non-hydrogen) atoms. The zero-order valence-corrected chi connectivity index (χ0v) is 14.0. The SMILES string of the molecule is Fc1ccc(Cl)c(C2CCC(CCNC3CCCC3)CC2)c1. The molecule has 2 aliphatic rings. The van der Waals surface area contributed by atoms with E-state index in [0.717, 1.165) is 35.4 Å². The highest BCUT2D eigenvalue weighted by molar-refractivity contribution is 6.31. The van der Waals surface area contributed by atoms with Gasteiger partial charge in [-0.2, -0.15) is 0 Å². The van der Waals surface area contributed by atoms with Crippen LogP contribution in [0.5, 0.6) is 0 Å². The molecule has 0 radical (unpaired) electrons. The molecule has 0 amide bonds. The van der Waals surface area contributed by atoms with Crippen LogP contribution in [-0.2, 0) is 0 Å². The van der Waals surface area contributed by atoms with Crippen LogP contribution in [0.4, 0.5) is 4.39 Å². The highest BCUT2D eigenvalue weighted by Gasteiger charge is 2.24. The van der Waals surface area contributed by atoms with Crippen molar-refractivity contribution in [1.82, 2.24) is 5.32 Å². The standard InChI is InChI=1S/C19H27ClFN/c20-19-10-9-16(21)13-18(19)15-7-5-14(6-8-15)11-12-22-17-3-1-2-4-17/h9-10,13-15,17,22H,1-8,11-12H2. The molecule has 0 aromatic heterocycles. The maximum Gasteiger partial charge on any atom is 0.123 e.